The standard InChI is InChI=1S/C36H37NS6/c1-10-11-12-37-31-29(25-13-17(2)38-21(25)6)33(27-15-19(4)40-23(27)8)42-35(31)36-32(37)30(26-14-18(3)39-22(26)7)34(43-36)28-16-20(5)41-24(28)9/h13-16H,10-12H2,1-9H3. The Kier molecular flexibility index (Phi) is 7.67. The Balaban J connectivity index is 1.68. The van der Waals surface area contributed by atoms with Gasteiger partial charge in [-0.25, -0.2) is 0 Å². The summed E-state index contributed by atoms with van der Waals surface area (Å²) in [4.78, 5) is 14.1. The first-order chi connectivity index (χ1) is 20.6. The molecular weight excluding hydrogens is 639 g/mol. The summed E-state index contributed by atoms with van der Waals surface area (Å²) in [7, 11) is 0. The van der Waals surface area contributed by atoms with Crippen molar-refractivity contribution in [3.05, 3.63) is 63.3 Å². The third-order valence-electron chi connectivity index (χ3n) is 8.44. The number of nitrogens with zero attached hydrogens (tertiary/aromatic N) is 1. The maximum absolute atomic E-state index is 2.75. The topological polar surface area (TPSA) is 4.93 Å². The highest BCUT2D eigenvalue weighted by Crippen LogP contribution is 2.57. The number of hydrogen-bond acceptors (Lipinski definition) is 6. The van der Waals surface area contributed by atoms with Crippen LogP contribution in [0.25, 0.3) is 63.6 Å². The smallest absolute Gasteiger partial charge is 0.0714 e. The van der Waals surface area contributed by atoms with Gasteiger partial charge in [0.1, 0.15) is 0 Å². The van der Waals surface area contributed by atoms with E-state index in [9.17, 15) is 0 Å². The lowest BCUT2D eigenvalue weighted by Gasteiger charge is -2.13. The first-order valence-corrected chi connectivity index (χ1v) is 19.9. The van der Waals surface area contributed by atoms with Crippen LogP contribution in [0.15, 0.2) is 24.3 Å². The molecule has 0 aliphatic carbocycles. The van der Waals surface area contributed by atoms with Crippen LogP contribution in [0.2, 0.25) is 0 Å². The average Bonchev–Trinajstić information content (AvgIpc) is 3.77. The lowest BCUT2D eigenvalue weighted by molar-refractivity contribution is 0.666. The highest BCUT2D eigenvalue weighted by Gasteiger charge is 2.31. The number of unbranched alkanes of at least 4 members (excludes halogenated alkanes) is 1. The monoisotopic (exact) mass is 675 g/mol. The summed E-state index contributed by atoms with van der Waals surface area (Å²) in [5, 5.41) is 0. The fraction of sp³-hybridized carbons (Fsp3) is 0.333. The molecule has 0 unspecified atom stereocenters. The van der Waals surface area contributed by atoms with Crippen LogP contribution in [-0.2, 0) is 6.54 Å². The van der Waals surface area contributed by atoms with Gasteiger partial charge in [-0.3, -0.25) is 0 Å². The molecule has 7 aromatic heterocycles. The fourth-order valence-corrected chi connectivity index (χ4v) is 13.4. The van der Waals surface area contributed by atoms with Crippen molar-refractivity contribution in [2.75, 3.05) is 0 Å². The molecule has 43 heavy (non-hydrogen) atoms. The summed E-state index contributed by atoms with van der Waals surface area (Å²) in [6.45, 7) is 21.6. The second-order valence-electron chi connectivity index (χ2n) is 11.8. The van der Waals surface area contributed by atoms with Crippen molar-refractivity contribution in [3.8, 4) is 43.1 Å². The highest BCUT2D eigenvalue weighted by molar-refractivity contribution is 7.31. The van der Waals surface area contributed by atoms with E-state index in [2.05, 4.69) is 91.1 Å². The molecule has 0 aromatic carbocycles. The van der Waals surface area contributed by atoms with E-state index in [1.54, 1.807) is 0 Å². The van der Waals surface area contributed by atoms with Crippen LogP contribution < -0.4 is 0 Å². The summed E-state index contributed by atoms with van der Waals surface area (Å²) < 4.78 is 5.68. The van der Waals surface area contributed by atoms with Crippen LogP contribution in [0, 0.1) is 55.4 Å². The quantitative estimate of drug-likeness (QED) is 0.158. The Morgan fingerprint density at radius 2 is 0.837 bits per heavy atom. The number of hydrogen-bond donors (Lipinski definition) is 0. The molecule has 0 saturated heterocycles. The summed E-state index contributed by atoms with van der Waals surface area (Å²) in [5.74, 6) is 0. The zero-order chi connectivity index (χ0) is 30.3. The van der Waals surface area contributed by atoms with Crippen LogP contribution in [0.3, 0.4) is 0 Å². The number of rotatable bonds is 7. The summed E-state index contributed by atoms with van der Waals surface area (Å²) >= 11 is 11.8. The van der Waals surface area contributed by atoms with Gasteiger partial charge in [0.25, 0.3) is 0 Å². The Morgan fingerprint density at radius 3 is 1.14 bits per heavy atom. The lowest BCUT2D eigenvalue weighted by Crippen LogP contribution is -1.99. The predicted octanol–water partition coefficient (Wildman–Crippen LogP) is 14.1. The van der Waals surface area contributed by atoms with Gasteiger partial charge in [0.2, 0.25) is 0 Å². The third-order valence-corrected chi connectivity index (χ3v) is 14.9. The van der Waals surface area contributed by atoms with E-state index in [1.165, 1.54) is 115 Å². The molecule has 7 heteroatoms. The van der Waals surface area contributed by atoms with Gasteiger partial charge in [-0.2, -0.15) is 0 Å². The van der Waals surface area contributed by atoms with Crippen LogP contribution in [0.4, 0.5) is 0 Å². The molecule has 0 bridgehead atoms. The van der Waals surface area contributed by atoms with Crippen molar-refractivity contribution in [2.24, 2.45) is 0 Å². The van der Waals surface area contributed by atoms with Gasteiger partial charge in [0.15, 0.2) is 0 Å². The van der Waals surface area contributed by atoms with E-state index in [0.29, 0.717) is 0 Å². The van der Waals surface area contributed by atoms with Gasteiger partial charge in [-0.05, 0) is 97.2 Å². The van der Waals surface area contributed by atoms with E-state index in [-0.39, 0.29) is 0 Å². The summed E-state index contributed by atoms with van der Waals surface area (Å²) in [6, 6.07) is 9.75. The molecule has 0 saturated carbocycles. The highest BCUT2D eigenvalue weighted by atomic mass is 32.1. The van der Waals surface area contributed by atoms with Gasteiger partial charge in [-0.15, -0.1) is 68.0 Å². The van der Waals surface area contributed by atoms with E-state index in [0.717, 1.165) is 6.54 Å². The second-order valence-corrected chi connectivity index (χ2v) is 19.7. The van der Waals surface area contributed by atoms with E-state index in [4.69, 9.17) is 0 Å². The first kappa shape index (κ1) is 29.7. The molecule has 7 aromatic rings. The van der Waals surface area contributed by atoms with Crippen LogP contribution >= 0.6 is 68.0 Å². The minimum Gasteiger partial charge on any atom is -0.338 e. The van der Waals surface area contributed by atoms with Crippen molar-refractivity contribution >= 4 is 88.5 Å². The molecule has 0 spiro atoms. The van der Waals surface area contributed by atoms with Crippen LogP contribution in [0.5, 0.6) is 0 Å². The maximum atomic E-state index is 2.75. The number of fused-ring (bicyclic) bond motifs is 3. The van der Waals surface area contributed by atoms with E-state index >= 15 is 0 Å². The largest absolute Gasteiger partial charge is 0.338 e. The molecular formula is C36H37NS6. The van der Waals surface area contributed by atoms with Gasteiger partial charge < -0.3 is 4.57 Å². The Labute approximate surface area is 279 Å². The third kappa shape index (κ3) is 4.77. The molecule has 0 radical (unpaired) electrons. The molecule has 0 fully saturated rings. The van der Waals surface area contributed by atoms with Crippen molar-refractivity contribution in [1.29, 1.82) is 0 Å². The van der Waals surface area contributed by atoms with Gasteiger partial charge in [0, 0.05) is 77.6 Å². The minimum atomic E-state index is 1.04. The zero-order valence-corrected chi connectivity index (χ0v) is 31.2. The molecule has 222 valence electrons. The molecule has 0 aliphatic rings. The zero-order valence-electron chi connectivity index (χ0n) is 26.3. The van der Waals surface area contributed by atoms with Crippen molar-refractivity contribution in [3.63, 3.8) is 0 Å². The molecule has 7 rings (SSSR count). The number of aromatic nitrogens is 1. The summed E-state index contributed by atoms with van der Waals surface area (Å²) in [5.41, 5.74) is 11.5. The van der Waals surface area contributed by atoms with Crippen LogP contribution in [0.1, 0.15) is 58.8 Å². The normalized spacial score (nSPS) is 12.1. The molecule has 0 aliphatic heterocycles. The molecule has 0 N–H and O–H groups in total. The lowest BCUT2D eigenvalue weighted by atomic mass is 10.0. The Bertz CT molecular complexity index is 2010. The van der Waals surface area contributed by atoms with Gasteiger partial charge in [0.05, 0.1) is 20.4 Å². The minimum absolute atomic E-state index is 1.04. The van der Waals surface area contributed by atoms with Crippen molar-refractivity contribution < 1.29 is 0 Å². The molecule has 0 amide bonds. The van der Waals surface area contributed by atoms with Gasteiger partial charge >= 0.3 is 0 Å². The van der Waals surface area contributed by atoms with Crippen molar-refractivity contribution in [2.45, 2.75) is 81.7 Å². The fourth-order valence-electron chi connectivity index (χ4n) is 6.67. The second kappa shape index (κ2) is 11.1. The first-order valence-electron chi connectivity index (χ1n) is 15.0. The molecule has 1 nitrogen and oxygen atoms in total. The average molecular weight is 676 g/mol. The van der Waals surface area contributed by atoms with Crippen LogP contribution in [-0.4, -0.2) is 4.57 Å². The van der Waals surface area contributed by atoms with E-state index in [1.807, 2.05) is 68.0 Å². The van der Waals surface area contributed by atoms with E-state index < -0.39 is 0 Å². The predicted molar refractivity (Wildman–Crippen MR) is 201 cm³/mol. The summed E-state index contributed by atoms with van der Waals surface area (Å²) in [6.07, 6.45) is 2.35. The Hall–Kier alpha value is -2.00. The molecule has 7 heterocycles. The number of thiophene rings is 6. The SMILES string of the molecule is CCCCn1c2c(-c3cc(C)sc3C)c(-c3cc(C)sc3C)sc2c2sc(-c3cc(C)sc3C)c(-c3cc(C)sc3C)c21. The van der Waals surface area contributed by atoms with Gasteiger partial charge in [-0.1, -0.05) is 13.3 Å². The van der Waals surface area contributed by atoms with Crippen molar-refractivity contribution in [1.82, 2.24) is 4.57 Å². The Morgan fingerprint density at radius 1 is 0.488 bits per heavy atom. The number of aryl methyl sites for hydroxylation is 9. The maximum Gasteiger partial charge on any atom is 0.0714 e. The molecule has 0 atom stereocenters.